The van der Waals surface area contributed by atoms with E-state index in [1.165, 1.54) is 19.3 Å². The van der Waals surface area contributed by atoms with Crippen molar-refractivity contribution in [3.8, 4) is 0 Å². The molecule has 5 aliphatic rings. The van der Waals surface area contributed by atoms with Gasteiger partial charge in [0.2, 0.25) is 5.89 Å². The van der Waals surface area contributed by atoms with Crippen molar-refractivity contribution >= 4 is 11.9 Å². The van der Waals surface area contributed by atoms with E-state index in [0.717, 1.165) is 62.9 Å². The van der Waals surface area contributed by atoms with E-state index in [1.54, 1.807) is 6.92 Å². The molecule has 30 heavy (non-hydrogen) atoms. The van der Waals surface area contributed by atoms with Gasteiger partial charge in [-0.2, -0.15) is 0 Å². The van der Waals surface area contributed by atoms with Crippen LogP contribution in [0.3, 0.4) is 0 Å². The zero-order valence-electron chi connectivity index (χ0n) is 18.2. The molecule has 0 aromatic carbocycles. The number of carbonyl (C=O) groups is 2. The number of carbonyl (C=O) groups excluding carboxylic acids is 2. The Balaban J connectivity index is 1.17. The van der Waals surface area contributed by atoms with Crippen LogP contribution >= 0.6 is 0 Å². The van der Waals surface area contributed by atoms with Crippen LogP contribution in [0.1, 0.15) is 80.4 Å². The molecule has 0 atom stereocenters. The fraction of sp³-hybridized carbons (Fsp3) is 0.783. The number of nitrogens with one attached hydrogen (secondary N) is 2. The highest BCUT2D eigenvalue weighted by Gasteiger charge is 2.51. The lowest BCUT2D eigenvalue weighted by Crippen LogP contribution is -2.61. The number of piperidine rings is 1. The second kappa shape index (κ2) is 7.57. The predicted molar refractivity (Wildman–Crippen MR) is 112 cm³/mol. The lowest BCUT2D eigenvalue weighted by Gasteiger charge is -2.56. The van der Waals surface area contributed by atoms with Crippen LogP contribution < -0.4 is 10.6 Å². The number of urea groups is 1. The first kappa shape index (κ1) is 19.9. The first-order valence-corrected chi connectivity index (χ1v) is 11.7. The molecule has 0 unspecified atom stereocenters. The molecule has 4 bridgehead atoms. The minimum absolute atomic E-state index is 0.0160. The van der Waals surface area contributed by atoms with E-state index in [1.807, 2.05) is 4.90 Å². The number of likely N-dealkylation sites (tertiary alicyclic amines) is 1. The summed E-state index contributed by atoms with van der Waals surface area (Å²) in [5, 5.41) is 6.21. The molecule has 2 heterocycles. The molecule has 3 amide bonds. The van der Waals surface area contributed by atoms with Crippen molar-refractivity contribution in [1.82, 2.24) is 20.5 Å². The second-order valence-corrected chi connectivity index (χ2v) is 10.5. The van der Waals surface area contributed by atoms with E-state index in [2.05, 4.69) is 22.5 Å². The molecule has 7 heteroatoms. The van der Waals surface area contributed by atoms with Gasteiger partial charge in [-0.05, 0) is 82.0 Å². The Morgan fingerprint density at radius 1 is 1.10 bits per heavy atom. The summed E-state index contributed by atoms with van der Waals surface area (Å²) < 4.78 is 5.69. The SMILES string of the molecule is Cc1oc(CNC(=O)NC23CC4CC(CC(C4)C2)C3)nc1C(=O)N1CCC(C)CC1. The zero-order chi connectivity index (χ0) is 20.9. The number of rotatable bonds is 4. The molecule has 6 rings (SSSR count). The van der Waals surface area contributed by atoms with Gasteiger partial charge in [0.05, 0.1) is 6.54 Å². The molecule has 4 saturated carbocycles. The summed E-state index contributed by atoms with van der Waals surface area (Å²) in [5.74, 6) is 3.89. The molecule has 164 valence electrons. The highest BCUT2D eigenvalue weighted by atomic mass is 16.4. The van der Waals surface area contributed by atoms with Gasteiger partial charge in [0.25, 0.3) is 5.91 Å². The maximum Gasteiger partial charge on any atom is 0.315 e. The molecule has 1 saturated heterocycles. The summed E-state index contributed by atoms with van der Waals surface area (Å²) >= 11 is 0. The Hall–Kier alpha value is -2.05. The van der Waals surface area contributed by atoms with Crippen LogP contribution in [0.15, 0.2) is 4.42 Å². The van der Waals surface area contributed by atoms with E-state index in [-0.39, 0.29) is 24.0 Å². The summed E-state index contributed by atoms with van der Waals surface area (Å²) in [7, 11) is 0. The van der Waals surface area contributed by atoms with Crippen molar-refractivity contribution in [2.75, 3.05) is 13.1 Å². The van der Waals surface area contributed by atoms with Gasteiger partial charge in [0, 0.05) is 18.6 Å². The molecule has 0 radical (unpaired) electrons. The van der Waals surface area contributed by atoms with Gasteiger partial charge in [-0.25, -0.2) is 9.78 Å². The third-order valence-corrected chi connectivity index (χ3v) is 7.93. The number of oxazole rings is 1. The monoisotopic (exact) mass is 414 g/mol. The average Bonchev–Trinajstić information content (AvgIpc) is 3.05. The number of nitrogens with zero attached hydrogens (tertiary/aromatic N) is 2. The Kier molecular flexibility index (Phi) is 5.02. The Morgan fingerprint density at radius 2 is 1.70 bits per heavy atom. The van der Waals surface area contributed by atoms with E-state index < -0.39 is 0 Å². The summed E-state index contributed by atoms with van der Waals surface area (Å²) in [4.78, 5) is 31.7. The van der Waals surface area contributed by atoms with Crippen LogP contribution in [-0.4, -0.2) is 40.5 Å². The topological polar surface area (TPSA) is 87.5 Å². The third kappa shape index (κ3) is 3.83. The molecule has 5 fully saturated rings. The normalized spacial score (nSPS) is 33.0. The van der Waals surface area contributed by atoms with E-state index in [0.29, 0.717) is 23.3 Å². The fourth-order valence-electron chi connectivity index (χ4n) is 6.79. The summed E-state index contributed by atoms with van der Waals surface area (Å²) in [6.45, 7) is 5.73. The highest BCUT2D eigenvalue weighted by Crippen LogP contribution is 2.55. The largest absolute Gasteiger partial charge is 0.443 e. The average molecular weight is 415 g/mol. The molecule has 0 spiro atoms. The van der Waals surface area contributed by atoms with Gasteiger partial charge in [-0.3, -0.25) is 4.79 Å². The summed E-state index contributed by atoms with van der Waals surface area (Å²) in [6.07, 6.45) is 9.48. The number of hydrogen-bond acceptors (Lipinski definition) is 4. The number of aromatic nitrogens is 1. The molecule has 7 nitrogen and oxygen atoms in total. The Morgan fingerprint density at radius 3 is 2.30 bits per heavy atom. The minimum Gasteiger partial charge on any atom is -0.443 e. The van der Waals surface area contributed by atoms with Gasteiger partial charge in [0.15, 0.2) is 5.69 Å². The van der Waals surface area contributed by atoms with Crippen molar-refractivity contribution in [2.45, 2.75) is 77.3 Å². The predicted octanol–water partition coefficient (Wildman–Crippen LogP) is 3.62. The van der Waals surface area contributed by atoms with Gasteiger partial charge in [0.1, 0.15) is 5.76 Å². The zero-order valence-corrected chi connectivity index (χ0v) is 18.2. The van der Waals surface area contributed by atoms with Crippen LogP contribution in [0, 0.1) is 30.6 Å². The number of hydrogen-bond donors (Lipinski definition) is 2. The highest BCUT2D eigenvalue weighted by molar-refractivity contribution is 5.93. The molecule has 1 aliphatic heterocycles. The van der Waals surface area contributed by atoms with Crippen molar-refractivity contribution in [3.63, 3.8) is 0 Å². The third-order valence-electron chi connectivity index (χ3n) is 7.93. The molecule has 2 N–H and O–H groups in total. The van der Waals surface area contributed by atoms with Crippen LogP contribution in [0.25, 0.3) is 0 Å². The van der Waals surface area contributed by atoms with Crippen molar-refractivity contribution < 1.29 is 14.0 Å². The van der Waals surface area contributed by atoms with Crippen LogP contribution in [-0.2, 0) is 6.54 Å². The molecular weight excluding hydrogens is 380 g/mol. The second-order valence-electron chi connectivity index (χ2n) is 10.5. The van der Waals surface area contributed by atoms with Crippen LogP contribution in [0.5, 0.6) is 0 Å². The van der Waals surface area contributed by atoms with Crippen LogP contribution in [0.4, 0.5) is 4.79 Å². The van der Waals surface area contributed by atoms with E-state index in [9.17, 15) is 9.59 Å². The van der Waals surface area contributed by atoms with E-state index in [4.69, 9.17) is 4.42 Å². The quantitative estimate of drug-likeness (QED) is 0.788. The molecule has 1 aromatic heterocycles. The number of aryl methyl sites for hydroxylation is 1. The van der Waals surface area contributed by atoms with E-state index >= 15 is 0 Å². The van der Waals surface area contributed by atoms with Crippen molar-refractivity contribution in [1.29, 1.82) is 0 Å². The minimum atomic E-state index is -0.148. The smallest absolute Gasteiger partial charge is 0.315 e. The van der Waals surface area contributed by atoms with Crippen molar-refractivity contribution in [2.24, 2.45) is 23.7 Å². The lowest BCUT2D eigenvalue weighted by atomic mass is 9.53. The maximum absolute atomic E-state index is 12.8. The summed E-state index contributed by atoms with van der Waals surface area (Å²) in [6, 6.07) is -0.148. The standard InChI is InChI=1S/C23H34N4O3/c1-14-3-5-27(6-4-14)21(28)20-15(2)30-19(25-20)13-24-22(29)26-23-10-16-7-17(11-23)9-18(8-16)12-23/h14,16-18H,3-13H2,1-2H3,(H2,24,26,29). The lowest BCUT2D eigenvalue weighted by molar-refractivity contribution is -0.0135. The first-order valence-electron chi connectivity index (χ1n) is 11.7. The Labute approximate surface area is 178 Å². The van der Waals surface area contributed by atoms with Gasteiger partial charge in [-0.1, -0.05) is 6.92 Å². The maximum atomic E-state index is 12.8. The van der Waals surface area contributed by atoms with Gasteiger partial charge < -0.3 is 20.0 Å². The molecular formula is C23H34N4O3. The van der Waals surface area contributed by atoms with Crippen LogP contribution in [0.2, 0.25) is 0 Å². The van der Waals surface area contributed by atoms with Gasteiger partial charge in [-0.15, -0.1) is 0 Å². The van der Waals surface area contributed by atoms with Crippen molar-refractivity contribution in [3.05, 3.63) is 17.3 Å². The van der Waals surface area contributed by atoms with Gasteiger partial charge >= 0.3 is 6.03 Å². The summed E-state index contributed by atoms with van der Waals surface area (Å²) in [5.41, 5.74) is 0.362. The number of amides is 3. The first-order chi connectivity index (χ1) is 14.4. The molecule has 4 aliphatic carbocycles. The fourth-order valence-corrected chi connectivity index (χ4v) is 6.79. The molecule has 1 aromatic rings. The Bertz CT molecular complexity index is 789.